The highest BCUT2D eigenvalue weighted by atomic mass is 16.1. The Morgan fingerprint density at radius 1 is 1.04 bits per heavy atom. The first-order chi connectivity index (χ1) is 11.1. The van der Waals surface area contributed by atoms with E-state index in [4.69, 9.17) is 0 Å². The summed E-state index contributed by atoms with van der Waals surface area (Å²) in [4.78, 5) is 15.7. The van der Waals surface area contributed by atoms with Gasteiger partial charge >= 0.3 is 0 Å². The van der Waals surface area contributed by atoms with Crippen molar-refractivity contribution in [2.45, 2.75) is 26.3 Å². The predicted octanol–water partition coefficient (Wildman–Crippen LogP) is 4.22. The van der Waals surface area contributed by atoms with Gasteiger partial charge in [0.1, 0.15) is 0 Å². The molecule has 0 saturated carbocycles. The van der Waals surface area contributed by atoms with Crippen molar-refractivity contribution in [3.05, 3.63) is 71.9 Å². The lowest BCUT2D eigenvalue weighted by atomic mass is 9.99. The number of hydrogen-bond acceptors (Lipinski definition) is 1. The third kappa shape index (κ3) is 3.45. The quantitative estimate of drug-likeness (QED) is 0.728. The number of aromatic nitrogens is 1. The zero-order valence-electron chi connectivity index (χ0n) is 13.5. The van der Waals surface area contributed by atoms with Crippen LogP contribution in [-0.4, -0.2) is 10.9 Å². The van der Waals surface area contributed by atoms with E-state index >= 15 is 0 Å². The summed E-state index contributed by atoms with van der Waals surface area (Å²) < 4.78 is 0. The van der Waals surface area contributed by atoms with Crippen LogP contribution in [0.5, 0.6) is 0 Å². The number of H-pyrrole nitrogens is 1. The van der Waals surface area contributed by atoms with E-state index in [1.165, 1.54) is 10.9 Å². The summed E-state index contributed by atoms with van der Waals surface area (Å²) in [6, 6.07) is 18.3. The van der Waals surface area contributed by atoms with Gasteiger partial charge in [-0.15, -0.1) is 0 Å². The van der Waals surface area contributed by atoms with E-state index < -0.39 is 0 Å². The van der Waals surface area contributed by atoms with Gasteiger partial charge in [0.05, 0.1) is 6.04 Å². The van der Waals surface area contributed by atoms with Gasteiger partial charge in [-0.1, -0.05) is 55.5 Å². The molecule has 0 fully saturated rings. The van der Waals surface area contributed by atoms with Gasteiger partial charge in [-0.25, -0.2) is 0 Å². The van der Waals surface area contributed by atoms with E-state index in [1.807, 2.05) is 62.5 Å². The first-order valence-corrected chi connectivity index (χ1v) is 8.05. The minimum Gasteiger partial charge on any atom is -0.361 e. The summed E-state index contributed by atoms with van der Waals surface area (Å²) in [6.45, 7) is 4.00. The highest BCUT2D eigenvalue weighted by molar-refractivity contribution is 5.84. The van der Waals surface area contributed by atoms with Gasteiger partial charge in [0.15, 0.2) is 0 Å². The van der Waals surface area contributed by atoms with Crippen molar-refractivity contribution in [3.8, 4) is 0 Å². The van der Waals surface area contributed by atoms with Crippen LogP contribution in [0.25, 0.3) is 10.9 Å². The SMILES string of the molecule is CC(Cc1c[nH]c2ccccc12)C(=O)NC(C)c1ccccc1. The zero-order chi connectivity index (χ0) is 16.2. The van der Waals surface area contributed by atoms with Crippen LogP contribution >= 0.6 is 0 Å². The number of fused-ring (bicyclic) bond motifs is 1. The van der Waals surface area contributed by atoms with Crippen LogP contribution < -0.4 is 5.32 Å². The van der Waals surface area contributed by atoms with E-state index in [-0.39, 0.29) is 17.9 Å². The molecule has 0 saturated heterocycles. The van der Waals surface area contributed by atoms with Crippen LogP contribution in [0, 0.1) is 5.92 Å². The Morgan fingerprint density at radius 3 is 2.52 bits per heavy atom. The fraction of sp³-hybridized carbons (Fsp3) is 0.250. The number of hydrogen-bond donors (Lipinski definition) is 2. The monoisotopic (exact) mass is 306 g/mol. The van der Waals surface area contributed by atoms with Crippen molar-refractivity contribution in [2.75, 3.05) is 0 Å². The molecule has 3 nitrogen and oxygen atoms in total. The number of carbonyl (C=O) groups excluding carboxylic acids is 1. The van der Waals surface area contributed by atoms with Crippen LogP contribution in [0.15, 0.2) is 60.8 Å². The van der Waals surface area contributed by atoms with Crippen LogP contribution in [0.4, 0.5) is 0 Å². The molecule has 0 spiro atoms. The molecule has 1 heterocycles. The highest BCUT2D eigenvalue weighted by Gasteiger charge is 2.18. The lowest BCUT2D eigenvalue weighted by molar-refractivity contribution is -0.125. The number of rotatable bonds is 5. The number of para-hydroxylation sites is 1. The molecule has 0 aliphatic heterocycles. The van der Waals surface area contributed by atoms with E-state index in [9.17, 15) is 4.79 Å². The van der Waals surface area contributed by atoms with Crippen LogP contribution in [0.2, 0.25) is 0 Å². The Kier molecular flexibility index (Phi) is 4.47. The lowest BCUT2D eigenvalue weighted by Gasteiger charge is -2.18. The van der Waals surface area contributed by atoms with Gasteiger partial charge in [0, 0.05) is 23.0 Å². The predicted molar refractivity (Wildman–Crippen MR) is 94.2 cm³/mol. The first-order valence-electron chi connectivity index (χ1n) is 8.05. The summed E-state index contributed by atoms with van der Waals surface area (Å²) in [5.41, 5.74) is 3.43. The van der Waals surface area contributed by atoms with Gasteiger partial charge in [0.2, 0.25) is 5.91 Å². The van der Waals surface area contributed by atoms with Gasteiger partial charge in [0.25, 0.3) is 0 Å². The van der Waals surface area contributed by atoms with Gasteiger partial charge < -0.3 is 10.3 Å². The standard InChI is InChI=1S/C20H22N2O/c1-14(12-17-13-21-19-11-7-6-10-18(17)19)20(23)22-15(2)16-8-4-3-5-9-16/h3-11,13-15,21H,12H2,1-2H3,(H,22,23). The number of carbonyl (C=O) groups is 1. The third-order valence-electron chi connectivity index (χ3n) is 4.31. The number of amides is 1. The fourth-order valence-electron chi connectivity index (χ4n) is 2.90. The molecule has 0 aliphatic rings. The molecule has 2 atom stereocenters. The number of benzene rings is 2. The summed E-state index contributed by atoms with van der Waals surface area (Å²) >= 11 is 0. The lowest BCUT2D eigenvalue weighted by Crippen LogP contribution is -2.32. The maximum absolute atomic E-state index is 12.5. The number of aromatic amines is 1. The molecule has 3 aromatic rings. The highest BCUT2D eigenvalue weighted by Crippen LogP contribution is 2.21. The summed E-state index contributed by atoms with van der Waals surface area (Å²) in [5.74, 6) is 0.0204. The smallest absolute Gasteiger partial charge is 0.223 e. The Labute approximate surface area is 136 Å². The maximum atomic E-state index is 12.5. The van der Waals surface area contributed by atoms with Gasteiger partial charge in [-0.05, 0) is 30.5 Å². The molecule has 1 aromatic heterocycles. The third-order valence-corrected chi connectivity index (χ3v) is 4.31. The van der Waals surface area contributed by atoms with E-state index in [2.05, 4.69) is 22.4 Å². The minimum atomic E-state index is -0.0691. The van der Waals surface area contributed by atoms with Crippen molar-refractivity contribution in [1.82, 2.24) is 10.3 Å². The molecule has 2 aromatic carbocycles. The number of nitrogens with one attached hydrogen (secondary N) is 2. The maximum Gasteiger partial charge on any atom is 0.223 e. The van der Waals surface area contributed by atoms with Crippen molar-refractivity contribution in [2.24, 2.45) is 5.92 Å². The molecule has 3 rings (SSSR count). The van der Waals surface area contributed by atoms with Gasteiger partial charge in [-0.2, -0.15) is 0 Å². The molecular formula is C20H22N2O. The summed E-state index contributed by atoms with van der Waals surface area (Å²) in [6.07, 6.45) is 2.74. The Hall–Kier alpha value is -2.55. The molecule has 2 unspecified atom stereocenters. The Balaban J connectivity index is 1.66. The van der Waals surface area contributed by atoms with Crippen LogP contribution in [0.1, 0.15) is 31.0 Å². The molecular weight excluding hydrogens is 284 g/mol. The average molecular weight is 306 g/mol. The van der Waals surface area contributed by atoms with E-state index in [1.54, 1.807) is 0 Å². The zero-order valence-corrected chi connectivity index (χ0v) is 13.5. The van der Waals surface area contributed by atoms with E-state index in [0.717, 1.165) is 17.5 Å². The van der Waals surface area contributed by atoms with Crippen LogP contribution in [0.3, 0.4) is 0 Å². The molecule has 2 N–H and O–H groups in total. The molecule has 118 valence electrons. The summed E-state index contributed by atoms with van der Waals surface area (Å²) in [7, 11) is 0. The normalized spacial score (nSPS) is 13.7. The second-order valence-corrected chi connectivity index (χ2v) is 6.11. The fourth-order valence-corrected chi connectivity index (χ4v) is 2.90. The average Bonchev–Trinajstić information content (AvgIpc) is 2.98. The van der Waals surface area contributed by atoms with E-state index in [0.29, 0.717) is 0 Å². The summed E-state index contributed by atoms with van der Waals surface area (Å²) in [5, 5.41) is 4.30. The Morgan fingerprint density at radius 2 is 1.74 bits per heavy atom. The first kappa shape index (κ1) is 15.3. The topological polar surface area (TPSA) is 44.9 Å². The molecule has 0 bridgehead atoms. The molecule has 23 heavy (non-hydrogen) atoms. The van der Waals surface area contributed by atoms with Crippen molar-refractivity contribution in [3.63, 3.8) is 0 Å². The molecule has 0 radical (unpaired) electrons. The van der Waals surface area contributed by atoms with Crippen molar-refractivity contribution >= 4 is 16.8 Å². The van der Waals surface area contributed by atoms with Crippen LogP contribution in [-0.2, 0) is 11.2 Å². The molecule has 1 amide bonds. The molecule has 0 aliphatic carbocycles. The second-order valence-electron chi connectivity index (χ2n) is 6.11. The second kappa shape index (κ2) is 6.69. The van der Waals surface area contributed by atoms with Crippen molar-refractivity contribution in [1.29, 1.82) is 0 Å². The van der Waals surface area contributed by atoms with Crippen molar-refractivity contribution < 1.29 is 4.79 Å². The van der Waals surface area contributed by atoms with Gasteiger partial charge in [-0.3, -0.25) is 4.79 Å². The largest absolute Gasteiger partial charge is 0.361 e. The minimum absolute atomic E-state index is 0.0223. The Bertz CT molecular complexity index is 792. The molecule has 3 heteroatoms.